The summed E-state index contributed by atoms with van der Waals surface area (Å²) in [5, 5.41) is 10.3. The van der Waals surface area contributed by atoms with E-state index in [0.717, 1.165) is 20.5 Å². The molecule has 0 bridgehead atoms. The molecule has 0 aliphatic carbocycles. The Hall–Kier alpha value is -3.30. The molecule has 158 valence electrons. The maximum atomic E-state index is 12.3. The molecule has 0 unspecified atom stereocenters. The van der Waals surface area contributed by atoms with Gasteiger partial charge in [-0.25, -0.2) is 9.67 Å². The summed E-state index contributed by atoms with van der Waals surface area (Å²) in [6.45, 7) is 2.49. The van der Waals surface area contributed by atoms with Crippen LogP contribution < -0.4 is 15.6 Å². The van der Waals surface area contributed by atoms with E-state index in [2.05, 4.69) is 15.4 Å². The highest BCUT2D eigenvalue weighted by atomic mass is 32.1. The van der Waals surface area contributed by atoms with Crippen LogP contribution in [0.5, 0.6) is 5.75 Å². The monoisotopic (exact) mass is 452 g/mol. The Morgan fingerprint density at radius 3 is 2.68 bits per heavy atom. The van der Waals surface area contributed by atoms with Crippen molar-refractivity contribution in [2.45, 2.75) is 13.5 Å². The average molecular weight is 453 g/mol. The van der Waals surface area contributed by atoms with Gasteiger partial charge in [-0.1, -0.05) is 6.07 Å². The summed E-state index contributed by atoms with van der Waals surface area (Å²) in [4.78, 5) is 31.2. The Labute approximate surface area is 187 Å². The van der Waals surface area contributed by atoms with E-state index in [-0.39, 0.29) is 24.6 Å². The summed E-state index contributed by atoms with van der Waals surface area (Å²) in [5.74, 6) is 0.468. The van der Waals surface area contributed by atoms with Gasteiger partial charge in [0.25, 0.3) is 11.5 Å². The second-order valence-electron chi connectivity index (χ2n) is 6.68. The number of thiazole rings is 1. The number of hydrogen-bond acceptors (Lipinski definition) is 7. The molecule has 1 aromatic carbocycles. The van der Waals surface area contributed by atoms with E-state index in [9.17, 15) is 9.59 Å². The van der Waals surface area contributed by atoms with Gasteiger partial charge in [0, 0.05) is 18.2 Å². The molecule has 1 amide bonds. The van der Waals surface area contributed by atoms with Gasteiger partial charge in [-0.3, -0.25) is 9.59 Å². The van der Waals surface area contributed by atoms with Crippen molar-refractivity contribution in [2.75, 3.05) is 13.7 Å². The summed E-state index contributed by atoms with van der Waals surface area (Å²) in [7, 11) is 1.57. The first-order valence-corrected chi connectivity index (χ1v) is 11.3. The number of amides is 1. The molecule has 0 saturated carbocycles. The highest BCUT2D eigenvalue weighted by molar-refractivity contribution is 7.23. The van der Waals surface area contributed by atoms with Crippen molar-refractivity contribution in [3.63, 3.8) is 0 Å². The molecule has 0 spiro atoms. The summed E-state index contributed by atoms with van der Waals surface area (Å²) in [5.41, 5.74) is 1.87. The number of benzene rings is 1. The van der Waals surface area contributed by atoms with E-state index in [1.54, 1.807) is 60.1 Å². The highest BCUT2D eigenvalue weighted by Gasteiger charge is 2.14. The Kier molecular flexibility index (Phi) is 6.24. The summed E-state index contributed by atoms with van der Waals surface area (Å²) < 4.78 is 6.47. The number of nitrogens with zero attached hydrogens (tertiary/aromatic N) is 3. The fourth-order valence-corrected chi connectivity index (χ4v) is 4.82. The van der Waals surface area contributed by atoms with Crippen LogP contribution >= 0.6 is 22.7 Å². The molecule has 0 saturated heterocycles. The number of thiophene rings is 1. The standard InChI is InChI=1S/C22H20N4O3S2/c1-14-20(31-22(24-14)18-4-3-13-30-18)17-9-10-19(27)26(25-17)12-11-23-21(28)15-5-7-16(29-2)8-6-15/h3-10,13H,11-12H2,1-2H3,(H,23,28). The lowest BCUT2D eigenvalue weighted by atomic mass is 10.2. The predicted octanol–water partition coefficient (Wildman–Crippen LogP) is 3.84. The van der Waals surface area contributed by atoms with Crippen LogP contribution in [0, 0.1) is 6.92 Å². The minimum Gasteiger partial charge on any atom is -0.497 e. The number of nitrogens with one attached hydrogen (secondary N) is 1. The Morgan fingerprint density at radius 1 is 1.16 bits per heavy atom. The molecule has 0 aliphatic heterocycles. The molecule has 0 atom stereocenters. The third-order valence-electron chi connectivity index (χ3n) is 4.59. The van der Waals surface area contributed by atoms with E-state index >= 15 is 0 Å². The van der Waals surface area contributed by atoms with Crippen molar-refractivity contribution >= 4 is 28.6 Å². The lowest BCUT2D eigenvalue weighted by Gasteiger charge is -2.08. The van der Waals surface area contributed by atoms with E-state index in [0.29, 0.717) is 17.0 Å². The molecule has 4 aromatic rings. The van der Waals surface area contributed by atoms with Crippen LogP contribution in [-0.4, -0.2) is 34.3 Å². The van der Waals surface area contributed by atoms with Gasteiger partial charge < -0.3 is 10.1 Å². The maximum Gasteiger partial charge on any atom is 0.266 e. The predicted molar refractivity (Wildman–Crippen MR) is 123 cm³/mol. The van der Waals surface area contributed by atoms with E-state index in [4.69, 9.17) is 4.74 Å². The van der Waals surface area contributed by atoms with Crippen molar-refractivity contribution in [1.29, 1.82) is 0 Å². The molecule has 1 N–H and O–H groups in total. The molecule has 9 heteroatoms. The molecular formula is C22H20N4O3S2. The van der Waals surface area contributed by atoms with Crippen LogP contribution in [-0.2, 0) is 6.54 Å². The minimum atomic E-state index is -0.219. The van der Waals surface area contributed by atoms with Crippen LogP contribution in [0.15, 0.2) is 58.7 Å². The number of carbonyl (C=O) groups excluding carboxylic acids is 1. The first-order chi connectivity index (χ1) is 15.0. The molecule has 7 nitrogen and oxygen atoms in total. The zero-order valence-corrected chi connectivity index (χ0v) is 18.6. The number of hydrogen-bond donors (Lipinski definition) is 1. The van der Waals surface area contributed by atoms with Gasteiger partial charge in [-0.05, 0) is 48.7 Å². The van der Waals surface area contributed by atoms with Crippen molar-refractivity contribution in [3.8, 4) is 26.2 Å². The molecule has 0 radical (unpaired) electrons. The van der Waals surface area contributed by atoms with Gasteiger partial charge in [-0.15, -0.1) is 22.7 Å². The zero-order chi connectivity index (χ0) is 21.8. The Morgan fingerprint density at radius 2 is 1.97 bits per heavy atom. The van der Waals surface area contributed by atoms with Crippen molar-refractivity contribution in [1.82, 2.24) is 20.1 Å². The zero-order valence-electron chi connectivity index (χ0n) is 17.0. The molecular weight excluding hydrogens is 432 g/mol. The van der Waals surface area contributed by atoms with Gasteiger partial charge in [-0.2, -0.15) is 5.10 Å². The van der Waals surface area contributed by atoms with Gasteiger partial charge in [0.1, 0.15) is 16.5 Å². The van der Waals surface area contributed by atoms with Crippen molar-refractivity contribution in [2.24, 2.45) is 0 Å². The first kappa shape index (κ1) is 21.0. The molecule has 0 fully saturated rings. The number of rotatable bonds is 7. The normalized spacial score (nSPS) is 10.8. The van der Waals surface area contributed by atoms with Gasteiger partial charge in [0.15, 0.2) is 0 Å². The summed E-state index contributed by atoms with van der Waals surface area (Å²) in [6, 6.07) is 14.1. The van der Waals surface area contributed by atoms with E-state index < -0.39 is 0 Å². The first-order valence-electron chi connectivity index (χ1n) is 9.57. The lowest BCUT2D eigenvalue weighted by Crippen LogP contribution is -2.31. The van der Waals surface area contributed by atoms with Gasteiger partial charge >= 0.3 is 0 Å². The Balaban J connectivity index is 1.46. The van der Waals surface area contributed by atoms with Crippen molar-refractivity contribution < 1.29 is 9.53 Å². The second-order valence-corrected chi connectivity index (χ2v) is 8.62. The number of ether oxygens (including phenoxy) is 1. The summed E-state index contributed by atoms with van der Waals surface area (Å²) >= 11 is 3.19. The molecule has 31 heavy (non-hydrogen) atoms. The van der Waals surface area contributed by atoms with E-state index in [1.165, 1.54) is 10.7 Å². The molecule has 3 heterocycles. The van der Waals surface area contributed by atoms with Gasteiger partial charge in [0.2, 0.25) is 0 Å². The lowest BCUT2D eigenvalue weighted by molar-refractivity contribution is 0.0951. The second kappa shape index (κ2) is 9.23. The van der Waals surface area contributed by atoms with Gasteiger partial charge in [0.05, 0.1) is 29.1 Å². The fourth-order valence-electron chi connectivity index (χ4n) is 2.99. The highest BCUT2D eigenvalue weighted by Crippen LogP contribution is 2.35. The smallest absolute Gasteiger partial charge is 0.266 e. The molecule has 0 aliphatic rings. The third kappa shape index (κ3) is 4.73. The van der Waals surface area contributed by atoms with Crippen LogP contribution in [0.25, 0.3) is 20.5 Å². The van der Waals surface area contributed by atoms with Crippen molar-refractivity contribution in [3.05, 3.63) is 75.5 Å². The fraction of sp³-hybridized carbons (Fsp3) is 0.182. The number of carbonyl (C=O) groups is 1. The van der Waals surface area contributed by atoms with Crippen LogP contribution in [0.1, 0.15) is 16.1 Å². The number of aromatic nitrogens is 3. The van der Waals surface area contributed by atoms with Crippen LogP contribution in [0.3, 0.4) is 0 Å². The third-order valence-corrected chi connectivity index (χ3v) is 6.81. The number of aryl methyl sites for hydroxylation is 1. The van der Waals surface area contributed by atoms with E-state index in [1.807, 2.05) is 24.4 Å². The summed E-state index contributed by atoms with van der Waals surface area (Å²) in [6.07, 6.45) is 0. The van der Waals surface area contributed by atoms with Crippen LogP contribution in [0.4, 0.5) is 0 Å². The SMILES string of the molecule is COc1ccc(C(=O)NCCn2nc(-c3sc(-c4cccs4)nc3C)ccc2=O)cc1. The quantitative estimate of drug-likeness (QED) is 0.460. The molecule has 4 rings (SSSR count). The topological polar surface area (TPSA) is 86.1 Å². The molecule has 3 aromatic heterocycles. The van der Waals surface area contributed by atoms with Crippen LogP contribution in [0.2, 0.25) is 0 Å². The average Bonchev–Trinajstić information content (AvgIpc) is 3.45. The number of methoxy groups -OCH3 is 1. The Bertz CT molecular complexity index is 1240. The maximum absolute atomic E-state index is 12.3. The largest absolute Gasteiger partial charge is 0.497 e. The minimum absolute atomic E-state index is 0.217.